The van der Waals surface area contributed by atoms with Gasteiger partial charge in [-0.25, -0.2) is 13.4 Å². The number of thiazole rings is 1. The molecule has 0 radical (unpaired) electrons. The van der Waals surface area contributed by atoms with Gasteiger partial charge in [0.1, 0.15) is 6.10 Å². The van der Waals surface area contributed by atoms with Crippen LogP contribution < -0.4 is 4.74 Å². The van der Waals surface area contributed by atoms with E-state index in [0.717, 1.165) is 20.3 Å². The number of aromatic nitrogens is 1. The van der Waals surface area contributed by atoms with E-state index < -0.39 is 10.0 Å². The number of para-hydroxylation sites is 1. The van der Waals surface area contributed by atoms with Crippen molar-refractivity contribution in [2.45, 2.75) is 30.8 Å². The molecule has 1 aromatic heterocycles. The van der Waals surface area contributed by atoms with Crippen LogP contribution in [-0.4, -0.2) is 36.9 Å². The first-order valence-electron chi connectivity index (χ1n) is 8.72. The topological polar surface area (TPSA) is 59.5 Å². The van der Waals surface area contributed by atoms with Gasteiger partial charge in [-0.05, 0) is 55.7 Å². The molecule has 0 saturated carbocycles. The molecule has 2 aromatic carbocycles. The number of piperidine rings is 1. The highest BCUT2D eigenvalue weighted by atomic mass is 79.9. The zero-order valence-corrected chi connectivity index (χ0v) is 18.0. The summed E-state index contributed by atoms with van der Waals surface area (Å²) in [4.78, 5) is 4.92. The lowest BCUT2D eigenvalue weighted by Gasteiger charge is -2.30. The van der Waals surface area contributed by atoms with Gasteiger partial charge >= 0.3 is 0 Å². The molecule has 0 unspecified atom stereocenters. The molecule has 3 aromatic rings. The minimum absolute atomic E-state index is 0.0118. The summed E-state index contributed by atoms with van der Waals surface area (Å²) in [5.41, 5.74) is 2.11. The molecule has 0 N–H and O–H groups in total. The lowest BCUT2D eigenvalue weighted by molar-refractivity contribution is 0.135. The second-order valence-electron chi connectivity index (χ2n) is 6.58. The molecular weight excluding hydrogens is 448 g/mol. The number of halogens is 1. The zero-order chi connectivity index (χ0) is 19.0. The number of benzene rings is 2. The molecule has 142 valence electrons. The van der Waals surface area contributed by atoms with Crippen LogP contribution in [0.3, 0.4) is 0 Å². The Labute approximate surface area is 171 Å². The van der Waals surface area contributed by atoms with Gasteiger partial charge in [-0.15, -0.1) is 0 Å². The third-order valence-electron chi connectivity index (χ3n) is 4.72. The van der Waals surface area contributed by atoms with E-state index in [1.807, 2.05) is 25.1 Å². The van der Waals surface area contributed by atoms with Gasteiger partial charge < -0.3 is 4.74 Å². The highest BCUT2D eigenvalue weighted by Gasteiger charge is 2.30. The molecule has 1 aliphatic heterocycles. The van der Waals surface area contributed by atoms with Crippen LogP contribution in [0, 0.1) is 6.92 Å². The maximum atomic E-state index is 12.8. The lowest BCUT2D eigenvalue weighted by atomic mass is 10.1. The molecule has 0 aliphatic carbocycles. The fourth-order valence-electron chi connectivity index (χ4n) is 3.20. The molecule has 0 spiro atoms. The molecule has 0 amide bonds. The summed E-state index contributed by atoms with van der Waals surface area (Å²) in [6, 6.07) is 12.9. The Morgan fingerprint density at radius 2 is 1.85 bits per heavy atom. The van der Waals surface area contributed by atoms with Gasteiger partial charge in [0.05, 0.1) is 15.1 Å². The molecule has 1 fully saturated rings. The van der Waals surface area contributed by atoms with Crippen molar-refractivity contribution in [3.63, 3.8) is 0 Å². The lowest BCUT2D eigenvalue weighted by Crippen LogP contribution is -2.41. The molecule has 8 heteroatoms. The quantitative estimate of drug-likeness (QED) is 0.563. The first kappa shape index (κ1) is 18.9. The van der Waals surface area contributed by atoms with E-state index in [4.69, 9.17) is 4.74 Å². The third kappa shape index (κ3) is 3.89. The minimum atomic E-state index is -3.46. The highest BCUT2D eigenvalue weighted by Crippen LogP contribution is 2.32. The summed E-state index contributed by atoms with van der Waals surface area (Å²) in [5.74, 6) is 0. The summed E-state index contributed by atoms with van der Waals surface area (Å²) in [6.45, 7) is 2.94. The Morgan fingerprint density at radius 1 is 1.15 bits per heavy atom. The van der Waals surface area contributed by atoms with Gasteiger partial charge in [0, 0.05) is 17.6 Å². The van der Waals surface area contributed by atoms with Crippen molar-refractivity contribution in [2.24, 2.45) is 0 Å². The number of sulfonamides is 1. The average Bonchev–Trinajstić information content (AvgIpc) is 3.06. The number of hydrogen-bond donors (Lipinski definition) is 0. The van der Waals surface area contributed by atoms with Gasteiger partial charge in [0.2, 0.25) is 10.0 Å². The molecule has 27 heavy (non-hydrogen) atoms. The van der Waals surface area contributed by atoms with E-state index in [1.54, 1.807) is 39.9 Å². The van der Waals surface area contributed by atoms with Gasteiger partial charge in [-0.2, -0.15) is 4.31 Å². The largest absolute Gasteiger partial charge is 0.467 e. The molecule has 5 nitrogen and oxygen atoms in total. The van der Waals surface area contributed by atoms with Crippen molar-refractivity contribution >= 4 is 47.5 Å². The van der Waals surface area contributed by atoms with E-state index in [9.17, 15) is 8.42 Å². The monoisotopic (exact) mass is 466 g/mol. The molecule has 2 heterocycles. The van der Waals surface area contributed by atoms with E-state index in [2.05, 4.69) is 20.9 Å². The Hall–Kier alpha value is -1.48. The van der Waals surface area contributed by atoms with Crippen molar-refractivity contribution in [3.8, 4) is 5.19 Å². The standard InChI is InChI=1S/C19H19BrN2O3S2/c1-13-3-2-4-17-18(13)21-19(26-17)25-15-9-11-22(12-10-15)27(23,24)16-7-5-14(20)6-8-16/h2-8,15H,9-12H2,1H3. The summed E-state index contributed by atoms with van der Waals surface area (Å²) < 4.78 is 35.1. The molecule has 4 rings (SSSR count). The average molecular weight is 467 g/mol. The normalized spacial score (nSPS) is 16.7. The van der Waals surface area contributed by atoms with E-state index >= 15 is 0 Å². The first-order valence-corrected chi connectivity index (χ1v) is 11.8. The third-order valence-corrected chi connectivity index (χ3v) is 8.07. The van der Waals surface area contributed by atoms with Crippen LogP contribution in [0.1, 0.15) is 18.4 Å². The maximum Gasteiger partial charge on any atom is 0.274 e. The van der Waals surface area contributed by atoms with E-state index in [-0.39, 0.29) is 6.10 Å². The predicted octanol–water partition coefficient (Wildman–Crippen LogP) is 4.60. The number of hydrogen-bond acceptors (Lipinski definition) is 5. The molecule has 1 saturated heterocycles. The van der Waals surface area contributed by atoms with Crippen molar-refractivity contribution < 1.29 is 13.2 Å². The summed E-state index contributed by atoms with van der Waals surface area (Å²) in [7, 11) is -3.46. The first-order chi connectivity index (χ1) is 12.9. The molecule has 1 aliphatic rings. The highest BCUT2D eigenvalue weighted by molar-refractivity contribution is 9.10. The van der Waals surface area contributed by atoms with Crippen LogP contribution in [0.15, 0.2) is 51.8 Å². The van der Waals surface area contributed by atoms with Gasteiger partial charge in [-0.3, -0.25) is 0 Å². The number of aryl methyl sites for hydroxylation is 1. The smallest absolute Gasteiger partial charge is 0.274 e. The minimum Gasteiger partial charge on any atom is -0.467 e. The Kier molecular flexibility index (Phi) is 5.24. The Morgan fingerprint density at radius 3 is 2.52 bits per heavy atom. The predicted molar refractivity (Wildman–Crippen MR) is 111 cm³/mol. The van der Waals surface area contributed by atoms with Crippen LogP contribution in [0.2, 0.25) is 0 Å². The number of rotatable bonds is 4. The van der Waals surface area contributed by atoms with Crippen LogP contribution in [0.4, 0.5) is 0 Å². The summed E-state index contributed by atoms with van der Waals surface area (Å²) in [6.07, 6.45) is 1.30. The maximum absolute atomic E-state index is 12.8. The van der Waals surface area contributed by atoms with Crippen LogP contribution >= 0.6 is 27.3 Å². The van der Waals surface area contributed by atoms with Crippen molar-refractivity contribution in [2.75, 3.05) is 13.1 Å². The fourth-order valence-corrected chi connectivity index (χ4v) is 5.90. The fraction of sp³-hybridized carbons (Fsp3) is 0.316. The van der Waals surface area contributed by atoms with Crippen LogP contribution in [0.25, 0.3) is 10.2 Å². The summed E-state index contributed by atoms with van der Waals surface area (Å²) >= 11 is 4.87. The molecule has 0 atom stereocenters. The second kappa shape index (κ2) is 7.50. The van der Waals surface area contributed by atoms with Crippen LogP contribution in [-0.2, 0) is 10.0 Å². The van der Waals surface area contributed by atoms with Crippen LogP contribution in [0.5, 0.6) is 5.19 Å². The van der Waals surface area contributed by atoms with Crippen molar-refractivity contribution in [1.29, 1.82) is 0 Å². The summed E-state index contributed by atoms with van der Waals surface area (Å²) in [5, 5.41) is 0.661. The number of nitrogens with zero attached hydrogens (tertiary/aromatic N) is 2. The number of ether oxygens (including phenoxy) is 1. The zero-order valence-electron chi connectivity index (χ0n) is 14.8. The van der Waals surface area contributed by atoms with E-state index in [1.165, 1.54) is 0 Å². The Balaban J connectivity index is 1.42. The van der Waals surface area contributed by atoms with Crippen molar-refractivity contribution in [3.05, 3.63) is 52.5 Å². The molecule has 0 bridgehead atoms. The molecular formula is C19H19BrN2O3S2. The van der Waals surface area contributed by atoms with Gasteiger partial charge in [-0.1, -0.05) is 39.4 Å². The SMILES string of the molecule is Cc1cccc2sc(OC3CCN(S(=O)(=O)c4ccc(Br)cc4)CC3)nc12. The Bertz CT molecular complexity index is 1060. The number of fused-ring (bicyclic) bond motifs is 1. The van der Waals surface area contributed by atoms with Gasteiger partial charge in [0.15, 0.2) is 0 Å². The second-order valence-corrected chi connectivity index (χ2v) is 10.4. The van der Waals surface area contributed by atoms with E-state index in [0.29, 0.717) is 36.0 Å². The van der Waals surface area contributed by atoms with Gasteiger partial charge in [0.25, 0.3) is 5.19 Å². The van der Waals surface area contributed by atoms with Crippen molar-refractivity contribution in [1.82, 2.24) is 9.29 Å².